The molecule has 0 unspecified atom stereocenters. The van der Waals surface area contributed by atoms with Crippen LogP contribution in [0.25, 0.3) is 5.69 Å². The van der Waals surface area contributed by atoms with Gasteiger partial charge in [0.1, 0.15) is 5.69 Å². The van der Waals surface area contributed by atoms with Crippen LogP contribution in [0, 0.1) is 10.1 Å². The molecule has 0 spiro atoms. The predicted molar refractivity (Wildman–Crippen MR) is 105 cm³/mol. The van der Waals surface area contributed by atoms with Crippen molar-refractivity contribution in [2.75, 3.05) is 31.1 Å². The van der Waals surface area contributed by atoms with Gasteiger partial charge in [0, 0.05) is 55.9 Å². The number of hydrogen-bond acceptors (Lipinski definition) is 5. The van der Waals surface area contributed by atoms with Crippen LogP contribution in [0.15, 0.2) is 67.3 Å². The lowest BCUT2D eigenvalue weighted by Gasteiger charge is -2.35. The van der Waals surface area contributed by atoms with Gasteiger partial charge in [-0.2, -0.15) is 0 Å². The number of benzene rings is 2. The van der Waals surface area contributed by atoms with Crippen LogP contribution < -0.4 is 4.90 Å². The second kappa shape index (κ2) is 7.51. The molecular weight excluding hydrogens is 358 g/mol. The van der Waals surface area contributed by atoms with Gasteiger partial charge >= 0.3 is 0 Å². The highest BCUT2D eigenvalue weighted by atomic mass is 16.6. The Labute approximate surface area is 161 Å². The van der Waals surface area contributed by atoms with Crippen LogP contribution in [-0.2, 0) is 0 Å². The number of nitro benzene ring substituents is 1. The zero-order valence-corrected chi connectivity index (χ0v) is 15.1. The Morgan fingerprint density at radius 1 is 1.00 bits per heavy atom. The standard InChI is InChI=1S/C20H19N5O3/c26-20(16-5-7-17(8-6-16)24-10-9-21-15-24)23-13-11-22(12-14-23)18-3-1-2-4-19(18)25(27)28/h1-10,15H,11-14H2. The summed E-state index contributed by atoms with van der Waals surface area (Å²) in [5.41, 5.74) is 2.26. The van der Waals surface area contributed by atoms with Gasteiger partial charge in [-0.1, -0.05) is 12.1 Å². The Balaban J connectivity index is 1.42. The number of amides is 1. The Bertz CT molecular complexity index is 977. The van der Waals surface area contributed by atoms with Crippen molar-refractivity contribution in [3.63, 3.8) is 0 Å². The molecule has 28 heavy (non-hydrogen) atoms. The summed E-state index contributed by atoms with van der Waals surface area (Å²) in [7, 11) is 0. The van der Waals surface area contributed by atoms with E-state index in [0.717, 1.165) is 5.69 Å². The number of piperazine rings is 1. The number of anilines is 1. The molecule has 4 rings (SSSR count). The van der Waals surface area contributed by atoms with Crippen molar-refractivity contribution >= 4 is 17.3 Å². The second-order valence-electron chi connectivity index (χ2n) is 6.54. The number of para-hydroxylation sites is 2. The zero-order chi connectivity index (χ0) is 19.5. The fourth-order valence-corrected chi connectivity index (χ4v) is 3.41. The number of nitro groups is 1. The minimum atomic E-state index is -0.366. The molecule has 1 amide bonds. The molecule has 8 heteroatoms. The second-order valence-corrected chi connectivity index (χ2v) is 6.54. The van der Waals surface area contributed by atoms with Gasteiger partial charge < -0.3 is 14.4 Å². The fraction of sp³-hybridized carbons (Fsp3) is 0.200. The Morgan fingerprint density at radius 2 is 1.71 bits per heavy atom. The first kappa shape index (κ1) is 17.7. The Kier molecular flexibility index (Phi) is 4.76. The maximum absolute atomic E-state index is 12.8. The van der Waals surface area contributed by atoms with Gasteiger partial charge in [0.25, 0.3) is 11.6 Å². The van der Waals surface area contributed by atoms with E-state index in [2.05, 4.69) is 4.98 Å². The molecule has 0 radical (unpaired) electrons. The summed E-state index contributed by atoms with van der Waals surface area (Å²) in [5, 5.41) is 11.2. The van der Waals surface area contributed by atoms with Crippen molar-refractivity contribution in [2.24, 2.45) is 0 Å². The smallest absolute Gasteiger partial charge is 0.292 e. The third-order valence-electron chi connectivity index (χ3n) is 4.90. The first-order valence-corrected chi connectivity index (χ1v) is 8.99. The summed E-state index contributed by atoms with van der Waals surface area (Å²) in [5.74, 6) is -0.0283. The van der Waals surface area contributed by atoms with Crippen LogP contribution in [0.5, 0.6) is 0 Å². The number of aromatic nitrogens is 2. The first-order chi connectivity index (χ1) is 13.6. The molecule has 1 aromatic heterocycles. The molecule has 3 aromatic rings. The third kappa shape index (κ3) is 3.44. The van der Waals surface area contributed by atoms with Gasteiger partial charge in [0.05, 0.1) is 11.3 Å². The number of carbonyl (C=O) groups excluding carboxylic acids is 1. The molecule has 2 heterocycles. The van der Waals surface area contributed by atoms with Crippen molar-refractivity contribution in [1.29, 1.82) is 0 Å². The van der Waals surface area contributed by atoms with E-state index in [1.807, 2.05) is 39.9 Å². The molecule has 0 saturated carbocycles. The Hall–Kier alpha value is -3.68. The van der Waals surface area contributed by atoms with E-state index in [4.69, 9.17) is 0 Å². The number of carbonyl (C=O) groups is 1. The van der Waals surface area contributed by atoms with Crippen molar-refractivity contribution < 1.29 is 9.72 Å². The third-order valence-corrected chi connectivity index (χ3v) is 4.90. The predicted octanol–water partition coefficient (Wildman–Crippen LogP) is 2.74. The van der Waals surface area contributed by atoms with E-state index in [1.165, 1.54) is 6.07 Å². The summed E-state index contributed by atoms with van der Waals surface area (Å²) in [6.07, 6.45) is 5.26. The monoisotopic (exact) mass is 377 g/mol. The topological polar surface area (TPSA) is 84.5 Å². The van der Waals surface area contributed by atoms with Gasteiger partial charge in [-0.05, 0) is 30.3 Å². The van der Waals surface area contributed by atoms with Crippen LogP contribution in [0.3, 0.4) is 0 Å². The van der Waals surface area contributed by atoms with Gasteiger partial charge in [-0.3, -0.25) is 14.9 Å². The van der Waals surface area contributed by atoms with Gasteiger partial charge in [0.15, 0.2) is 0 Å². The van der Waals surface area contributed by atoms with E-state index in [9.17, 15) is 14.9 Å². The van der Waals surface area contributed by atoms with E-state index in [0.29, 0.717) is 37.4 Å². The average molecular weight is 377 g/mol. The molecule has 0 bridgehead atoms. The molecule has 0 aliphatic carbocycles. The van der Waals surface area contributed by atoms with E-state index in [1.54, 1.807) is 35.6 Å². The number of imidazole rings is 1. The quantitative estimate of drug-likeness (QED) is 0.516. The highest BCUT2D eigenvalue weighted by Gasteiger charge is 2.26. The zero-order valence-electron chi connectivity index (χ0n) is 15.1. The largest absolute Gasteiger partial charge is 0.362 e. The van der Waals surface area contributed by atoms with E-state index < -0.39 is 0 Å². The SMILES string of the molecule is O=C(c1ccc(-n2ccnc2)cc1)N1CCN(c2ccccc2[N+](=O)[O-])CC1. The summed E-state index contributed by atoms with van der Waals surface area (Å²) in [6.45, 7) is 2.16. The van der Waals surface area contributed by atoms with Crippen LogP contribution in [0.2, 0.25) is 0 Å². The number of hydrogen-bond donors (Lipinski definition) is 0. The van der Waals surface area contributed by atoms with Gasteiger partial charge in [-0.15, -0.1) is 0 Å². The highest BCUT2D eigenvalue weighted by molar-refractivity contribution is 5.94. The molecule has 2 aromatic carbocycles. The minimum Gasteiger partial charge on any atom is -0.362 e. The normalized spacial score (nSPS) is 14.1. The molecule has 1 aliphatic rings. The number of rotatable bonds is 4. The summed E-state index contributed by atoms with van der Waals surface area (Å²) < 4.78 is 1.87. The summed E-state index contributed by atoms with van der Waals surface area (Å²) in [4.78, 5) is 31.4. The highest BCUT2D eigenvalue weighted by Crippen LogP contribution is 2.28. The summed E-state index contributed by atoms with van der Waals surface area (Å²) >= 11 is 0. The van der Waals surface area contributed by atoms with Gasteiger partial charge in [0.2, 0.25) is 0 Å². The lowest BCUT2D eigenvalue weighted by molar-refractivity contribution is -0.384. The fourth-order valence-electron chi connectivity index (χ4n) is 3.41. The molecular formula is C20H19N5O3. The molecule has 1 fully saturated rings. The molecule has 1 aliphatic heterocycles. The summed E-state index contributed by atoms with van der Waals surface area (Å²) in [6, 6.07) is 14.1. The van der Waals surface area contributed by atoms with Crippen molar-refractivity contribution in [2.45, 2.75) is 0 Å². The lowest BCUT2D eigenvalue weighted by atomic mass is 10.1. The maximum atomic E-state index is 12.8. The number of nitrogens with zero attached hydrogens (tertiary/aromatic N) is 5. The molecule has 8 nitrogen and oxygen atoms in total. The van der Waals surface area contributed by atoms with E-state index >= 15 is 0 Å². The first-order valence-electron chi connectivity index (χ1n) is 8.99. The maximum Gasteiger partial charge on any atom is 0.292 e. The van der Waals surface area contributed by atoms with Crippen molar-refractivity contribution in [1.82, 2.24) is 14.5 Å². The minimum absolute atomic E-state index is 0.0283. The molecule has 142 valence electrons. The van der Waals surface area contributed by atoms with Crippen LogP contribution >= 0.6 is 0 Å². The average Bonchev–Trinajstić information content (AvgIpc) is 3.28. The van der Waals surface area contributed by atoms with Crippen LogP contribution in [0.4, 0.5) is 11.4 Å². The lowest BCUT2D eigenvalue weighted by Crippen LogP contribution is -2.48. The molecule has 0 N–H and O–H groups in total. The van der Waals surface area contributed by atoms with Crippen LogP contribution in [-0.4, -0.2) is 51.5 Å². The Morgan fingerprint density at radius 3 is 2.36 bits per heavy atom. The van der Waals surface area contributed by atoms with Crippen molar-refractivity contribution in [3.05, 3.63) is 82.9 Å². The van der Waals surface area contributed by atoms with E-state index in [-0.39, 0.29) is 16.5 Å². The van der Waals surface area contributed by atoms with Crippen molar-refractivity contribution in [3.8, 4) is 5.69 Å². The molecule has 0 atom stereocenters. The molecule has 1 saturated heterocycles. The van der Waals surface area contributed by atoms with Gasteiger partial charge in [-0.25, -0.2) is 4.98 Å². The van der Waals surface area contributed by atoms with Crippen LogP contribution in [0.1, 0.15) is 10.4 Å².